The highest BCUT2D eigenvalue weighted by Gasteiger charge is 2.42. The Morgan fingerprint density at radius 2 is 2.03 bits per heavy atom. The van der Waals surface area contributed by atoms with Crippen LogP contribution in [0.5, 0.6) is 11.5 Å². The molecule has 2 atom stereocenters. The summed E-state index contributed by atoms with van der Waals surface area (Å²) in [5, 5.41) is 7.30. The van der Waals surface area contributed by atoms with Gasteiger partial charge >= 0.3 is 0 Å². The maximum Gasteiger partial charge on any atom is 0.269 e. The summed E-state index contributed by atoms with van der Waals surface area (Å²) in [5.41, 5.74) is -0.992. The van der Waals surface area contributed by atoms with E-state index in [4.69, 9.17) is 9.47 Å². The summed E-state index contributed by atoms with van der Waals surface area (Å²) < 4.78 is 80.4. The number of anilines is 1. The van der Waals surface area contributed by atoms with Crippen LogP contribution < -0.4 is 13.8 Å². The zero-order valence-corrected chi connectivity index (χ0v) is 17.8. The van der Waals surface area contributed by atoms with E-state index in [1.165, 1.54) is 19.7 Å². The lowest BCUT2D eigenvalue weighted by Gasteiger charge is -2.28. The van der Waals surface area contributed by atoms with E-state index in [1.54, 1.807) is 18.2 Å². The molecule has 0 fully saturated rings. The van der Waals surface area contributed by atoms with Crippen molar-refractivity contribution in [2.45, 2.75) is 25.3 Å². The minimum atomic E-state index is -4.66. The van der Waals surface area contributed by atoms with Gasteiger partial charge in [0.2, 0.25) is 5.13 Å². The van der Waals surface area contributed by atoms with Gasteiger partial charge in [-0.25, -0.2) is 25.9 Å². The summed E-state index contributed by atoms with van der Waals surface area (Å²) in [7, 11) is -1.81. The quantitative estimate of drug-likeness (QED) is 0.625. The molecule has 2 unspecified atom stereocenters. The Morgan fingerprint density at radius 1 is 1.30 bits per heavy atom. The summed E-state index contributed by atoms with van der Waals surface area (Å²) in [6.45, 7) is 0.509. The van der Waals surface area contributed by atoms with Gasteiger partial charge < -0.3 is 9.47 Å². The van der Waals surface area contributed by atoms with Crippen molar-refractivity contribution in [3.63, 3.8) is 0 Å². The van der Waals surface area contributed by atoms with Gasteiger partial charge in [-0.15, -0.1) is 10.2 Å². The number of ether oxygens (including phenoxy) is 2. The number of sulfonamides is 1. The molecule has 3 rings (SSSR count). The Kier molecular flexibility index (Phi) is 6.09. The summed E-state index contributed by atoms with van der Waals surface area (Å²) in [5.74, 6) is -0.590. The minimum Gasteiger partial charge on any atom is -0.497 e. The van der Waals surface area contributed by atoms with Crippen LogP contribution in [0.25, 0.3) is 0 Å². The highest BCUT2D eigenvalue weighted by atomic mass is 32.2. The molecule has 1 aromatic heterocycles. The van der Waals surface area contributed by atoms with Crippen molar-refractivity contribution in [2.75, 3.05) is 18.5 Å². The molecular formula is C18H18F3N3O4S2. The second kappa shape index (κ2) is 8.26. The number of hydrogen-bond donors (Lipinski definition) is 0. The first kappa shape index (κ1) is 22.1. The van der Waals surface area contributed by atoms with Crippen molar-refractivity contribution in [3.8, 4) is 11.5 Å². The van der Waals surface area contributed by atoms with Crippen LogP contribution in [-0.4, -0.2) is 44.7 Å². The molecule has 0 N–H and O–H groups in total. The Bertz CT molecular complexity index is 1090. The minimum absolute atomic E-state index is 0.0792. The smallest absolute Gasteiger partial charge is 0.269 e. The second-order valence-electron chi connectivity index (χ2n) is 6.49. The maximum absolute atomic E-state index is 14.4. The van der Waals surface area contributed by atoms with Crippen molar-refractivity contribution >= 4 is 26.5 Å². The standard InChI is InChI=1S/C18H18F3N3O4S2/c1-18(21)8-15(13(19)7-16(18)20)30(25,26)24(17-23-22-10-29-17)9-11-4-5-12(27-2)6-14(11)28-3/h4-8,10,16H,9H2,1-3H3. The number of aromatic nitrogens is 2. The Balaban J connectivity index is 2.09. The summed E-state index contributed by atoms with van der Waals surface area (Å²) in [6, 6.07) is 4.71. The average molecular weight is 461 g/mol. The molecule has 1 aliphatic carbocycles. The molecule has 0 bridgehead atoms. The molecule has 0 aliphatic heterocycles. The molecule has 0 spiro atoms. The summed E-state index contributed by atoms with van der Waals surface area (Å²) >= 11 is 0.886. The third-order valence-electron chi connectivity index (χ3n) is 4.42. The molecule has 1 aliphatic rings. The number of methoxy groups -OCH3 is 2. The van der Waals surface area contributed by atoms with Crippen LogP contribution in [0.4, 0.5) is 18.3 Å². The molecule has 0 saturated carbocycles. The van der Waals surface area contributed by atoms with Crippen LogP contribution in [0.1, 0.15) is 12.5 Å². The van der Waals surface area contributed by atoms with Gasteiger partial charge in [-0.1, -0.05) is 11.3 Å². The molecule has 1 aromatic carbocycles. The van der Waals surface area contributed by atoms with Crippen LogP contribution in [0, 0.1) is 0 Å². The van der Waals surface area contributed by atoms with E-state index in [0.29, 0.717) is 29.2 Å². The highest BCUT2D eigenvalue weighted by molar-refractivity contribution is 7.97. The van der Waals surface area contributed by atoms with Gasteiger partial charge in [0.15, 0.2) is 11.8 Å². The fourth-order valence-corrected chi connectivity index (χ4v) is 5.13. The molecule has 0 amide bonds. The molecule has 12 heteroatoms. The van der Waals surface area contributed by atoms with Crippen LogP contribution in [0.3, 0.4) is 0 Å². The van der Waals surface area contributed by atoms with Crippen LogP contribution in [0.2, 0.25) is 0 Å². The van der Waals surface area contributed by atoms with E-state index in [9.17, 15) is 21.6 Å². The lowest BCUT2D eigenvalue weighted by molar-refractivity contribution is 0.141. The largest absolute Gasteiger partial charge is 0.497 e. The Morgan fingerprint density at radius 3 is 2.63 bits per heavy atom. The fourth-order valence-electron chi connectivity index (χ4n) is 2.76. The summed E-state index contributed by atoms with van der Waals surface area (Å²) in [6.07, 6.45) is -1.58. The molecule has 30 heavy (non-hydrogen) atoms. The lowest BCUT2D eigenvalue weighted by Crippen LogP contribution is -2.37. The van der Waals surface area contributed by atoms with Gasteiger partial charge in [-0.2, -0.15) is 0 Å². The fraction of sp³-hybridized carbons (Fsp3) is 0.333. The number of rotatable bonds is 7. The van der Waals surface area contributed by atoms with Crippen LogP contribution in [0.15, 0.2) is 46.6 Å². The molecule has 1 heterocycles. The van der Waals surface area contributed by atoms with Gasteiger partial charge in [0, 0.05) is 11.6 Å². The van der Waals surface area contributed by atoms with Crippen molar-refractivity contribution in [1.29, 1.82) is 0 Å². The van der Waals surface area contributed by atoms with E-state index >= 15 is 0 Å². The summed E-state index contributed by atoms with van der Waals surface area (Å²) in [4.78, 5) is -0.982. The zero-order chi connectivity index (χ0) is 22.1. The van der Waals surface area contributed by atoms with E-state index in [1.807, 2.05) is 0 Å². The van der Waals surface area contributed by atoms with E-state index < -0.39 is 32.6 Å². The van der Waals surface area contributed by atoms with Crippen molar-refractivity contribution in [2.24, 2.45) is 0 Å². The lowest BCUT2D eigenvalue weighted by atomic mass is 9.97. The van der Waals surface area contributed by atoms with E-state index in [2.05, 4.69) is 10.2 Å². The average Bonchev–Trinajstić information content (AvgIpc) is 3.23. The number of alkyl halides is 2. The normalized spacial score (nSPS) is 21.6. The first-order valence-corrected chi connectivity index (χ1v) is 10.9. The molecule has 162 valence electrons. The molecule has 0 radical (unpaired) electrons. The van der Waals surface area contributed by atoms with Crippen molar-refractivity contribution in [1.82, 2.24) is 10.2 Å². The predicted octanol–water partition coefficient (Wildman–Crippen LogP) is 3.71. The number of halogens is 3. The van der Waals surface area contributed by atoms with Gasteiger partial charge in [0.25, 0.3) is 10.0 Å². The maximum atomic E-state index is 14.4. The van der Waals surface area contributed by atoms with E-state index in [0.717, 1.165) is 22.6 Å². The van der Waals surface area contributed by atoms with Crippen LogP contribution in [-0.2, 0) is 16.6 Å². The van der Waals surface area contributed by atoms with Crippen molar-refractivity contribution in [3.05, 3.63) is 52.2 Å². The second-order valence-corrected chi connectivity index (χ2v) is 9.13. The first-order valence-electron chi connectivity index (χ1n) is 8.53. The van der Waals surface area contributed by atoms with Gasteiger partial charge in [-0.3, -0.25) is 0 Å². The molecule has 0 saturated heterocycles. The van der Waals surface area contributed by atoms with Crippen molar-refractivity contribution < 1.29 is 31.1 Å². The monoisotopic (exact) mass is 461 g/mol. The third-order valence-corrected chi connectivity index (χ3v) is 7.00. The Hall–Kier alpha value is -2.60. The van der Waals surface area contributed by atoms with Gasteiger partial charge in [0.1, 0.15) is 27.7 Å². The molecular weight excluding hydrogens is 443 g/mol. The number of hydrogen-bond acceptors (Lipinski definition) is 7. The van der Waals surface area contributed by atoms with Crippen LogP contribution >= 0.6 is 11.3 Å². The Labute approximate surface area is 175 Å². The SMILES string of the molecule is COc1ccc(CN(c2nncs2)S(=O)(=O)C2=CC(C)(F)C(F)C=C2F)c(OC)c1. The van der Waals surface area contributed by atoms with Gasteiger partial charge in [0.05, 0.1) is 20.8 Å². The van der Waals surface area contributed by atoms with Gasteiger partial charge in [-0.05, 0) is 31.2 Å². The number of allylic oxidation sites excluding steroid dienone is 3. The number of benzene rings is 1. The zero-order valence-electron chi connectivity index (χ0n) is 16.2. The number of nitrogens with zero attached hydrogens (tertiary/aromatic N) is 3. The predicted molar refractivity (Wildman–Crippen MR) is 106 cm³/mol. The first-order chi connectivity index (χ1) is 14.1. The third kappa shape index (κ3) is 4.15. The topological polar surface area (TPSA) is 81.6 Å². The highest BCUT2D eigenvalue weighted by Crippen LogP contribution is 2.38. The molecule has 7 nitrogen and oxygen atoms in total. The molecule has 2 aromatic rings. The van der Waals surface area contributed by atoms with E-state index in [-0.39, 0.29) is 11.7 Å².